The normalized spacial score (nSPS) is 23.3. The summed E-state index contributed by atoms with van der Waals surface area (Å²) in [6.45, 7) is 7.86. The summed E-state index contributed by atoms with van der Waals surface area (Å²) in [5.41, 5.74) is 2.53. The second kappa shape index (κ2) is 7.97. The number of carbonyl (C=O) groups excluding carboxylic acids is 1. The summed E-state index contributed by atoms with van der Waals surface area (Å²) in [4.78, 5) is 18.7. The van der Waals surface area contributed by atoms with Gasteiger partial charge in [-0.25, -0.2) is 0 Å². The first-order valence-corrected chi connectivity index (χ1v) is 11.2. The van der Waals surface area contributed by atoms with Crippen LogP contribution in [0, 0.1) is 0 Å². The highest BCUT2D eigenvalue weighted by molar-refractivity contribution is 7.10. The van der Waals surface area contributed by atoms with Gasteiger partial charge in [-0.05, 0) is 53.3 Å². The first kappa shape index (κ1) is 19.6. The molecule has 2 aromatic rings. The number of thiophene rings is 1. The van der Waals surface area contributed by atoms with Crippen LogP contribution in [0.25, 0.3) is 0 Å². The quantitative estimate of drug-likeness (QED) is 0.834. The van der Waals surface area contributed by atoms with E-state index >= 15 is 0 Å². The maximum Gasteiger partial charge on any atom is 0.256 e. The molecule has 1 atom stereocenters. The first-order valence-electron chi connectivity index (χ1n) is 10.3. The number of benzene rings is 1. The molecular formula is C23H30N2O2S. The number of fused-ring (bicyclic) bond motifs is 1. The minimum atomic E-state index is -1.26. The zero-order valence-electron chi connectivity index (χ0n) is 16.9. The van der Waals surface area contributed by atoms with Crippen LogP contribution in [0.15, 0.2) is 35.7 Å². The maximum absolute atomic E-state index is 13.1. The third-order valence-electron chi connectivity index (χ3n) is 6.10. The molecule has 1 fully saturated rings. The van der Waals surface area contributed by atoms with Gasteiger partial charge in [0.2, 0.25) is 0 Å². The smallest absolute Gasteiger partial charge is 0.256 e. The Kier molecular flexibility index (Phi) is 5.59. The van der Waals surface area contributed by atoms with Gasteiger partial charge >= 0.3 is 0 Å². The van der Waals surface area contributed by atoms with Crippen LogP contribution in [0.5, 0.6) is 0 Å². The summed E-state index contributed by atoms with van der Waals surface area (Å²) >= 11 is 1.81. The Balaban J connectivity index is 1.42. The van der Waals surface area contributed by atoms with Gasteiger partial charge in [-0.1, -0.05) is 38.1 Å². The Morgan fingerprint density at radius 2 is 1.96 bits per heavy atom. The molecule has 150 valence electrons. The average molecular weight is 399 g/mol. The van der Waals surface area contributed by atoms with Crippen LogP contribution in [0.3, 0.4) is 0 Å². The fourth-order valence-corrected chi connectivity index (χ4v) is 5.29. The number of piperidine rings is 1. The van der Waals surface area contributed by atoms with Gasteiger partial charge in [0.05, 0.1) is 0 Å². The van der Waals surface area contributed by atoms with E-state index < -0.39 is 5.60 Å². The average Bonchev–Trinajstić information content (AvgIpc) is 3.14. The molecule has 0 aliphatic carbocycles. The van der Waals surface area contributed by atoms with Crippen molar-refractivity contribution in [3.8, 4) is 0 Å². The molecule has 1 amide bonds. The molecule has 2 aliphatic heterocycles. The molecule has 4 nitrogen and oxygen atoms in total. The summed E-state index contributed by atoms with van der Waals surface area (Å²) in [6.07, 6.45) is 2.43. The van der Waals surface area contributed by atoms with Gasteiger partial charge in [-0.3, -0.25) is 9.69 Å². The van der Waals surface area contributed by atoms with Crippen molar-refractivity contribution in [3.63, 3.8) is 0 Å². The lowest BCUT2D eigenvalue weighted by Crippen LogP contribution is -2.58. The lowest BCUT2D eigenvalue weighted by atomic mass is 9.90. The largest absolute Gasteiger partial charge is 0.379 e. The first-order chi connectivity index (χ1) is 13.4. The minimum Gasteiger partial charge on any atom is -0.379 e. The number of nitrogens with zero attached hydrogens (tertiary/aromatic N) is 2. The van der Waals surface area contributed by atoms with Crippen LogP contribution < -0.4 is 0 Å². The second-order valence-corrected chi connectivity index (χ2v) is 9.59. The van der Waals surface area contributed by atoms with Crippen LogP contribution in [0.1, 0.15) is 54.2 Å². The monoisotopic (exact) mass is 398 g/mol. The molecule has 28 heavy (non-hydrogen) atoms. The van der Waals surface area contributed by atoms with E-state index in [0.717, 1.165) is 38.0 Å². The second-order valence-electron chi connectivity index (χ2n) is 8.59. The zero-order valence-corrected chi connectivity index (χ0v) is 17.7. The van der Waals surface area contributed by atoms with E-state index in [1.807, 2.05) is 16.2 Å². The van der Waals surface area contributed by atoms with E-state index in [4.69, 9.17) is 0 Å². The maximum atomic E-state index is 13.1. The predicted molar refractivity (Wildman–Crippen MR) is 113 cm³/mol. The predicted octanol–water partition coefficient (Wildman–Crippen LogP) is 3.78. The SMILES string of the molecule is CC(C)c1ccc(CN2CCC[C@@](O)(CN3CCc4sccc4C3)C2=O)cc1. The fourth-order valence-electron chi connectivity index (χ4n) is 4.40. The number of carbonyl (C=O) groups is 1. The van der Waals surface area contributed by atoms with E-state index in [9.17, 15) is 9.90 Å². The number of likely N-dealkylation sites (tertiary alicyclic amines) is 1. The summed E-state index contributed by atoms with van der Waals surface area (Å²) in [7, 11) is 0. The van der Waals surface area contributed by atoms with Gasteiger partial charge < -0.3 is 10.0 Å². The Bertz CT molecular complexity index is 829. The van der Waals surface area contributed by atoms with E-state index in [0.29, 0.717) is 25.4 Å². The van der Waals surface area contributed by atoms with Gasteiger partial charge in [0.25, 0.3) is 5.91 Å². The minimum absolute atomic E-state index is 0.109. The topological polar surface area (TPSA) is 43.8 Å². The highest BCUT2D eigenvalue weighted by Gasteiger charge is 2.43. The van der Waals surface area contributed by atoms with Crippen LogP contribution in [-0.2, 0) is 24.3 Å². The van der Waals surface area contributed by atoms with Crippen molar-refractivity contribution >= 4 is 17.2 Å². The number of rotatable bonds is 5. The zero-order chi connectivity index (χ0) is 19.7. The molecule has 0 spiro atoms. The highest BCUT2D eigenvalue weighted by Crippen LogP contribution is 2.29. The van der Waals surface area contributed by atoms with Crippen molar-refractivity contribution in [2.45, 2.75) is 57.7 Å². The van der Waals surface area contributed by atoms with Crippen molar-refractivity contribution in [1.82, 2.24) is 9.80 Å². The Morgan fingerprint density at radius 3 is 2.71 bits per heavy atom. The van der Waals surface area contributed by atoms with E-state index in [1.54, 1.807) is 0 Å². The van der Waals surface area contributed by atoms with Crippen molar-refractivity contribution < 1.29 is 9.90 Å². The van der Waals surface area contributed by atoms with Crippen molar-refractivity contribution in [3.05, 3.63) is 57.3 Å². The van der Waals surface area contributed by atoms with E-state index in [2.05, 4.69) is 54.5 Å². The van der Waals surface area contributed by atoms with Gasteiger partial charge in [-0.2, -0.15) is 0 Å². The van der Waals surface area contributed by atoms with E-state index in [-0.39, 0.29) is 5.91 Å². The van der Waals surface area contributed by atoms with Crippen molar-refractivity contribution in [2.24, 2.45) is 0 Å². The van der Waals surface area contributed by atoms with Gasteiger partial charge in [0, 0.05) is 37.6 Å². The van der Waals surface area contributed by atoms with Gasteiger partial charge in [-0.15, -0.1) is 11.3 Å². The third kappa shape index (κ3) is 4.02. The van der Waals surface area contributed by atoms with Crippen LogP contribution in [0.4, 0.5) is 0 Å². The molecule has 1 aromatic carbocycles. The fraction of sp³-hybridized carbons (Fsp3) is 0.522. The molecule has 0 bridgehead atoms. The van der Waals surface area contributed by atoms with Crippen LogP contribution in [-0.4, -0.2) is 46.0 Å². The van der Waals surface area contributed by atoms with E-state index in [1.165, 1.54) is 16.0 Å². The lowest BCUT2D eigenvalue weighted by Gasteiger charge is -2.41. The Morgan fingerprint density at radius 1 is 1.18 bits per heavy atom. The summed E-state index contributed by atoms with van der Waals surface area (Å²) in [6, 6.07) is 10.7. The number of β-amino-alcohol motifs (C(OH)–C–C–N with tert-alkyl or cyclic N) is 1. The van der Waals surface area contributed by atoms with Crippen LogP contribution >= 0.6 is 11.3 Å². The molecule has 5 heteroatoms. The highest BCUT2D eigenvalue weighted by atomic mass is 32.1. The number of hydrogen-bond acceptors (Lipinski definition) is 4. The Labute approximate surface area is 171 Å². The van der Waals surface area contributed by atoms with Crippen molar-refractivity contribution in [2.75, 3.05) is 19.6 Å². The summed E-state index contributed by atoms with van der Waals surface area (Å²) in [5, 5.41) is 13.4. The summed E-state index contributed by atoms with van der Waals surface area (Å²) in [5.74, 6) is 0.395. The molecule has 4 rings (SSSR count). The third-order valence-corrected chi connectivity index (χ3v) is 7.12. The Hall–Kier alpha value is -1.69. The van der Waals surface area contributed by atoms with Crippen LogP contribution in [0.2, 0.25) is 0 Å². The standard InChI is InChI=1S/C23H30N2O2S/c1-17(2)19-6-4-18(5-7-19)14-25-11-3-10-23(27,22(25)26)16-24-12-8-21-20(15-24)9-13-28-21/h4-7,9,13,17,27H,3,8,10-12,14-16H2,1-2H3/t23-/m1/s1. The lowest BCUT2D eigenvalue weighted by molar-refractivity contribution is -0.160. The molecule has 2 aliphatic rings. The molecule has 0 radical (unpaired) electrons. The molecule has 0 saturated carbocycles. The number of aliphatic hydroxyl groups is 1. The molecular weight excluding hydrogens is 368 g/mol. The van der Waals surface area contributed by atoms with Gasteiger partial charge in [0.1, 0.15) is 0 Å². The summed E-state index contributed by atoms with van der Waals surface area (Å²) < 4.78 is 0. The molecule has 1 saturated heterocycles. The van der Waals surface area contributed by atoms with Gasteiger partial charge in [0.15, 0.2) is 5.60 Å². The number of hydrogen-bond donors (Lipinski definition) is 1. The van der Waals surface area contributed by atoms with Crippen molar-refractivity contribution in [1.29, 1.82) is 0 Å². The molecule has 1 N–H and O–H groups in total. The molecule has 3 heterocycles. The molecule has 0 unspecified atom stereocenters. The number of amides is 1. The molecule has 1 aromatic heterocycles.